The van der Waals surface area contributed by atoms with Crippen molar-refractivity contribution < 1.29 is 9.47 Å². The second-order valence-corrected chi connectivity index (χ2v) is 3.72. The molecule has 1 aliphatic carbocycles. The van der Waals surface area contributed by atoms with E-state index in [1.54, 1.807) is 19.5 Å². The average molecular weight is 193 g/mol. The van der Waals surface area contributed by atoms with Crippen LogP contribution >= 0.6 is 0 Å². The molecular weight excluding hydrogens is 178 g/mol. The minimum Gasteiger partial charge on any atom is -0.490 e. The molecule has 0 spiro atoms. The van der Waals surface area contributed by atoms with E-state index in [0.717, 1.165) is 25.2 Å². The first kappa shape index (κ1) is 9.46. The Morgan fingerprint density at radius 2 is 2.07 bits per heavy atom. The van der Waals surface area contributed by atoms with Gasteiger partial charge in [0.1, 0.15) is 5.75 Å². The first-order chi connectivity index (χ1) is 6.88. The molecule has 0 amide bonds. The molecule has 0 unspecified atom stereocenters. The largest absolute Gasteiger partial charge is 0.490 e. The smallest absolute Gasteiger partial charge is 0.122 e. The Hall–Kier alpha value is -1.09. The third-order valence-corrected chi connectivity index (χ3v) is 2.55. The molecule has 3 heteroatoms. The summed E-state index contributed by atoms with van der Waals surface area (Å²) in [6.07, 6.45) is 6.09. The van der Waals surface area contributed by atoms with Crippen molar-refractivity contribution in [3.05, 3.63) is 24.5 Å². The average Bonchev–Trinajstić information content (AvgIpc) is 2.16. The van der Waals surface area contributed by atoms with Gasteiger partial charge in [0, 0.05) is 26.1 Å². The Morgan fingerprint density at radius 3 is 2.71 bits per heavy atom. The van der Waals surface area contributed by atoms with Crippen molar-refractivity contribution in [2.45, 2.75) is 18.9 Å². The molecule has 0 atom stereocenters. The van der Waals surface area contributed by atoms with Crippen LogP contribution in [0.3, 0.4) is 0 Å². The van der Waals surface area contributed by atoms with Crippen LogP contribution in [0, 0.1) is 5.92 Å². The SMILES string of the molecule is COC[C@H]1C[C@H](Oc2ccncc2)C1. The van der Waals surface area contributed by atoms with E-state index >= 15 is 0 Å². The molecule has 0 aliphatic heterocycles. The van der Waals surface area contributed by atoms with Gasteiger partial charge in [-0.15, -0.1) is 0 Å². The Morgan fingerprint density at radius 1 is 1.36 bits per heavy atom. The van der Waals surface area contributed by atoms with Gasteiger partial charge in [0.25, 0.3) is 0 Å². The molecule has 1 aliphatic rings. The summed E-state index contributed by atoms with van der Waals surface area (Å²) >= 11 is 0. The zero-order valence-corrected chi connectivity index (χ0v) is 8.35. The monoisotopic (exact) mass is 193 g/mol. The highest BCUT2D eigenvalue weighted by atomic mass is 16.5. The van der Waals surface area contributed by atoms with Gasteiger partial charge in [0.15, 0.2) is 0 Å². The fraction of sp³-hybridized carbons (Fsp3) is 0.545. The Labute approximate surface area is 84.1 Å². The predicted octanol–water partition coefficient (Wildman–Crippen LogP) is 1.89. The first-order valence-corrected chi connectivity index (χ1v) is 4.94. The van der Waals surface area contributed by atoms with Crippen LogP contribution in [0.25, 0.3) is 0 Å². The summed E-state index contributed by atoms with van der Waals surface area (Å²) in [5.74, 6) is 1.60. The van der Waals surface area contributed by atoms with Gasteiger partial charge in [0.05, 0.1) is 6.10 Å². The van der Waals surface area contributed by atoms with Crippen molar-refractivity contribution in [1.82, 2.24) is 4.98 Å². The first-order valence-electron chi connectivity index (χ1n) is 4.94. The van der Waals surface area contributed by atoms with Crippen molar-refractivity contribution in [1.29, 1.82) is 0 Å². The van der Waals surface area contributed by atoms with E-state index in [4.69, 9.17) is 9.47 Å². The maximum absolute atomic E-state index is 5.73. The summed E-state index contributed by atoms with van der Waals surface area (Å²) in [5.41, 5.74) is 0. The minimum absolute atomic E-state index is 0.373. The van der Waals surface area contributed by atoms with E-state index in [-0.39, 0.29) is 0 Å². The van der Waals surface area contributed by atoms with Gasteiger partial charge in [-0.2, -0.15) is 0 Å². The lowest BCUT2D eigenvalue weighted by molar-refractivity contribution is 0.0181. The van der Waals surface area contributed by atoms with Crippen LogP contribution in [-0.2, 0) is 4.74 Å². The van der Waals surface area contributed by atoms with Gasteiger partial charge in [-0.1, -0.05) is 0 Å². The summed E-state index contributed by atoms with van der Waals surface area (Å²) in [6.45, 7) is 0.857. The van der Waals surface area contributed by atoms with Crippen molar-refractivity contribution in [3.63, 3.8) is 0 Å². The summed E-state index contributed by atoms with van der Waals surface area (Å²) in [6, 6.07) is 3.79. The third-order valence-electron chi connectivity index (χ3n) is 2.55. The number of rotatable bonds is 4. The Bertz CT molecular complexity index is 270. The second kappa shape index (κ2) is 4.42. The molecule has 3 nitrogen and oxygen atoms in total. The fourth-order valence-electron chi connectivity index (χ4n) is 1.75. The van der Waals surface area contributed by atoms with E-state index < -0.39 is 0 Å². The number of ether oxygens (including phenoxy) is 2. The van der Waals surface area contributed by atoms with Gasteiger partial charge in [-0.25, -0.2) is 0 Å². The van der Waals surface area contributed by atoms with Gasteiger partial charge in [-0.05, 0) is 30.9 Å². The predicted molar refractivity (Wildman–Crippen MR) is 53.3 cm³/mol. The van der Waals surface area contributed by atoms with Crippen LogP contribution in [0.5, 0.6) is 5.75 Å². The Kier molecular flexibility index (Phi) is 2.99. The number of aromatic nitrogens is 1. The second-order valence-electron chi connectivity index (χ2n) is 3.72. The normalized spacial score (nSPS) is 25.5. The molecule has 14 heavy (non-hydrogen) atoms. The number of hydrogen-bond donors (Lipinski definition) is 0. The molecule has 1 saturated carbocycles. The summed E-state index contributed by atoms with van der Waals surface area (Å²) in [4.78, 5) is 3.94. The summed E-state index contributed by atoms with van der Waals surface area (Å²) < 4.78 is 10.8. The van der Waals surface area contributed by atoms with Crippen LogP contribution in [0.4, 0.5) is 0 Å². The molecule has 1 aromatic rings. The highest BCUT2D eigenvalue weighted by Crippen LogP contribution is 2.31. The zero-order valence-electron chi connectivity index (χ0n) is 8.35. The molecule has 76 valence electrons. The van der Waals surface area contributed by atoms with Crippen LogP contribution in [-0.4, -0.2) is 24.8 Å². The highest BCUT2D eigenvalue weighted by Gasteiger charge is 2.30. The topological polar surface area (TPSA) is 31.4 Å². The summed E-state index contributed by atoms with van der Waals surface area (Å²) in [7, 11) is 1.75. The van der Waals surface area contributed by atoms with Crippen molar-refractivity contribution in [3.8, 4) is 5.75 Å². The van der Waals surface area contributed by atoms with Crippen LogP contribution < -0.4 is 4.74 Å². The number of nitrogens with zero attached hydrogens (tertiary/aromatic N) is 1. The molecule has 0 aromatic carbocycles. The summed E-state index contributed by atoms with van der Waals surface area (Å²) in [5, 5.41) is 0. The van der Waals surface area contributed by atoms with E-state index in [2.05, 4.69) is 4.98 Å². The van der Waals surface area contributed by atoms with Crippen molar-refractivity contribution in [2.24, 2.45) is 5.92 Å². The highest BCUT2D eigenvalue weighted by molar-refractivity contribution is 5.17. The minimum atomic E-state index is 0.373. The third kappa shape index (κ3) is 2.23. The van der Waals surface area contributed by atoms with E-state index in [1.807, 2.05) is 12.1 Å². The lowest BCUT2D eigenvalue weighted by Gasteiger charge is -2.34. The maximum Gasteiger partial charge on any atom is 0.122 e. The maximum atomic E-state index is 5.73. The number of hydrogen-bond acceptors (Lipinski definition) is 3. The molecule has 0 saturated heterocycles. The quantitative estimate of drug-likeness (QED) is 0.731. The molecule has 1 aromatic heterocycles. The molecular formula is C11H15NO2. The molecule has 1 heterocycles. The lowest BCUT2D eigenvalue weighted by Crippen LogP contribution is -2.36. The molecule has 0 radical (unpaired) electrons. The van der Waals surface area contributed by atoms with Gasteiger partial charge >= 0.3 is 0 Å². The van der Waals surface area contributed by atoms with Gasteiger partial charge in [0.2, 0.25) is 0 Å². The fourth-order valence-corrected chi connectivity index (χ4v) is 1.75. The van der Waals surface area contributed by atoms with E-state index in [0.29, 0.717) is 12.0 Å². The molecule has 0 N–H and O–H groups in total. The van der Waals surface area contributed by atoms with E-state index in [1.165, 1.54) is 0 Å². The molecule has 2 rings (SSSR count). The van der Waals surface area contributed by atoms with Crippen molar-refractivity contribution >= 4 is 0 Å². The molecule has 0 bridgehead atoms. The number of methoxy groups -OCH3 is 1. The number of pyridine rings is 1. The van der Waals surface area contributed by atoms with Gasteiger partial charge in [-0.3, -0.25) is 4.98 Å². The standard InChI is InChI=1S/C11H15NO2/c1-13-8-9-6-11(7-9)14-10-2-4-12-5-3-10/h2-5,9,11H,6-8H2,1H3/t9-,11-. The van der Waals surface area contributed by atoms with Gasteiger partial charge < -0.3 is 9.47 Å². The Balaban J connectivity index is 1.74. The van der Waals surface area contributed by atoms with Crippen LogP contribution in [0.15, 0.2) is 24.5 Å². The molecule has 1 fully saturated rings. The van der Waals surface area contributed by atoms with E-state index in [9.17, 15) is 0 Å². The van der Waals surface area contributed by atoms with Crippen LogP contribution in [0.1, 0.15) is 12.8 Å². The van der Waals surface area contributed by atoms with Crippen molar-refractivity contribution in [2.75, 3.05) is 13.7 Å². The zero-order chi connectivity index (χ0) is 9.80. The lowest BCUT2D eigenvalue weighted by atomic mass is 9.83. The van der Waals surface area contributed by atoms with Crippen LogP contribution in [0.2, 0.25) is 0 Å².